The van der Waals surface area contributed by atoms with Crippen LogP contribution in [0.25, 0.3) is 0 Å². The third kappa shape index (κ3) is 3.88. The number of nitrogens with two attached hydrogens (primary N) is 1. The fraction of sp³-hybridized carbons (Fsp3) is 0.118. The van der Waals surface area contributed by atoms with Gasteiger partial charge in [0.1, 0.15) is 0 Å². The minimum Gasteiger partial charge on any atom is -0.321 e. The average Bonchev–Trinajstić information content (AvgIpc) is 2.54. The largest absolute Gasteiger partial charge is 0.321 e. The van der Waals surface area contributed by atoms with Gasteiger partial charge >= 0.3 is 0 Å². The highest BCUT2D eigenvalue weighted by atomic mass is 32.2. The highest BCUT2D eigenvalue weighted by molar-refractivity contribution is 7.98. The molecule has 4 heteroatoms. The summed E-state index contributed by atoms with van der Waals surface area (Å²) in [7, 11) is 0. The Morgan fingerprint density at radius 1 is 1.19 bits per heavy atom. The lowest BCUT2D eigenvalue weighted by Crippen LogP contribution is -2.13. The molecule has 3 N–H and O–H groups in total. The van der Waals surface area contributed by atoms with E-state index >= 15 is 0 Å². The summed E-state index contributed by atoms with van der Waals surface area (Å²) in [6.07, 6.45) is 1.95. The minimum atomic E-state index is -0.137. The first-order valence-corrected chi connectivity index (χ1v) is 7.71. The lowest BCUT2D eigenvalue weighted by molar-refractivity contribution is 0.102. The van der Waals surface area contributed by atoms with E-state index in [1.807, 2.05) is 54.8 Å². The minimum absolute atomic E-state index is 0.137. The highest BCUT2D eigenvalue weighted by Crippen LogP contribution is 2.22. The molecule has 0 unspecified atom stereocenters. The first-order valence-electron chi connectivity index (χ1n) is 6.48. The van der Waals surface area contributed by atoms with E-state index in [9.17, 15) is 4.79 Å². The Labute approximate surface area is 128 Å². The van der Waals surface area contributed by atoms with Crippen molar-refractivity contribution in [2.45, 2.75) is 4.90 Å². The summed E-state index contributed by atoms with van der Waals surface area (Å²) < 4.78 is 0. The number of carbonyl (C=O) groups is 1. The van der Waals surface area contributed by atoms with Crippen LogP contribution >= 0.6 is 11.8 Å². The zero-order chi connectivity index (χ0) is 15.1. The van der Waals surface area contributed by atoms with E-state index in [4.69, 9.17) is 5.73 Å². The van der Waals surface area contributed by atoms with Crippen LogP contribution in [-0.4, -0.2) is 18.7 Å². The number of amides is 1. The summed E-state index contributed by atoms with van der Waals surface area (Å²) in [6, 6.07) is 15.0. The summed E-state index contributed by atoms with van der Waals surface area (Å²) in [5.74, 6) is 5.63. The third-order valence-corrected chi connectivity index (χ3v) is 3.65. The van der Waals surface area contributed by atoms with Crippen molar-refractivity contribution in [3.05, 3.63) is 59.7 Å². The molecule has 0 fully saturated rings. The molecular formula is C17H16N2OS. The number of rotatable bonds is 3. The Bertz CT molecular complexity index is 701. The maximum Gasteiger partial charge on any atom is 0.256 e. The van der Waals surface area contributed by atoms with Gasteiger partial charge in [0.2, 0.25) is 0 Å². The zero-order valence-corrected chi connectivity index (χ0v) is 12.5. The molecule has 0 saturated heterocycles. The molecule has 0 aliphatic heterocycles. The van der Waals surface area contributed by atoms with E-state index in [0.717, 1.165) is 10.5 Å². The van der Waals surface area contributed by atoms with Crippen molar-refractivity contribution >= 4 is 23.4 Å². The molecule has 0 heterocycles. The first-order chi connectivity index (χ1) is 10.3. The molecule has 21 heavy (non-hydrogen) atoms. The van der Waals surface area contributed by atoms with Gasteiger partial charge in [-0.15, -0.1) is 11.8 Å². The summed E-state index contributed by atoms with van der Waals surface area (Å²) in [5, 5.41) is 2.91. The predicted molar refractivity (Wildman–Crippen MR) is 88.6 cm³/mol. The molecule has 0 radical (unpaired) electrons. The number of hydrogen-bond donors (Lipinski definition) is 2. The number of nitrogens with one attached hydrogen (secondary N) is 1. The smallest absolute Gasteiger partial charge is 0.256 e. The van der Waals surface area contributed by atoms with Crippen LogP contribution < -0.4 is 11.1 Å². The summed E-state index contributed by atoms with van der Waals surface area (Å²) in [4.78, 5) is 13.4. The molecule has 0 aliphatic rings. The maximum absolute atomic E-state index is 12.4. The summed E-state index contributed by atoms with van der Waals surface area (Å²) in [5.41, 5.74) is 7.51. The topological polar surface area (TPSA) is 55.1 Å². The number of benzene rings is 2. The fourth-order valence-corrected chi connectivity index (χ4v) is 2.46. The lowest BCUT2D eigenvalue weighted by atomic mass is 10.1. The summed E-state index contributed by atoms with van der Waals surface area (Å²) in [6.45, 7) is 0.289. The van der Waals surface area contributed by atoms with E-state index in [1.54, 1.807) is 11.8 Å². The molecule has 3 nitrogen and oxygen atoms in total. The summed E-state index contributed by atoms with van der Waals surface area (Å²) >= 11 is 1.55. The fourth-order valence-electron chi connectivity index (χ4n) is 1.87. The lowest BCUT2D eigenvalue weighted by Gasteiger charge is -2.10. The Morgan fingerprint density at radius 3 is 2.67 bits per heavy atom. The Kier molecular flexibility index (Phi) is 5.44. The first kappa shape index (κ1) is 15.2. The van der Waals surface area contributed by atoms with Gasteiger partial charge in [0, 0.05) is 10.5 Å². The standard InChI is InChI=1S/C17H16N2OS/c1-21-16-11-5-3-9-14(16)17(20)19-15-10-4-2-7-13(15)8-6-12-18/h2-5,7,9-11H,12,18H2,1H3,(H,19,20). The van der Waals surface area contributed by atoms with E-state index in [0.29, 0.717) is 11.3 Å². The van der Waals surface area contributed by atoms with Gasteiger partial charge < -0.3 is 11.1 Å². The second kappa shape index (κ2) is 7.53. The molecule has 1 amide bonds. The second-order valence-electron chi connectivity index (χ2n) is 4.21. The normalized spacial score (nSPS) is 9.62. The second-order valence-corrected chi connectivity index (χ2v) is 5.05. The molecule has 2 aromatic rings. The van der Waals surface area contributed by atoms with Crippen molar-refractivity contribution in [2.75, 3.05) is 18.1 Å². The zero-order valence-electron chi connectivity index (χ0n) is 11.7. The van der Waals surface area contributed by atoms with E-state index in [2.05, 4.69) is 17.2 Å². The van der Waals surface area contributed by atoms with Crippen LogP contribution in [-0.2, 0) is 0 Å². The van der Waals surface area contributed by atoms with Crippen molar-refractivity contribution in [1.29, 1.82) is 0 Å². The quantitative estimate of drug-likeness (QED) is 0.676. The number of carbonyl (C=O) groups excluding carboxylic acids is 1. The van der Waals surface area contributed by atoms with Crippen LogP contribution in [0.2, 0.25) is 0 Å². The average molecular weight is 296 g/mol. The number of hydrogen-bond acceptors (Lipinski definition) is 3. The van der Waals surface area contributed by atoms with Crippen LogP contribution in [0.4, 0.5) is 5.69 Å². The number of para-hydroxylation sites is 1. The number of thioether (sulfide) groups is 1. The monoisotopic (exact) mass is 296 g/mol. The van der Waals surface area contributed by atoms with Gasteiger partial charge in [-0.05, 0) is 30.5 Å². The number of anilines is 1. The maximum atomic E-state index is 12.4. The van der Waals surface area contributed by atoms with Crippen LogP contribution in [0.5, 0.6) is 0 Å². The van der Waals surface area contributed by atoms with Crippen molar-refractivity contribution in [3.8, 4) is 11.8 Å². The van der Waals surface area contributed by atoms with Gasteiger partial charge in [0.25, 0.3) is 5.91 Å². The van der Waals surface area contributed by atoms with E-state index in [-0.39, 0.29) is 12.5 Å². The predicted octanol–water partition coefficient (Wildman–Crippen LogP) is 2.97. The molecule has 0 saturated carbocycles. The molecule has 2 aromatic carbocycles. The molecular weight excluding hydrogens is 280 g/mol. The Balaban J connectivity index is 2.28. The van der Waals surface area contributed by atoms with Crippen LogP contribution in [0.1, 0.15) is 15.9 Å². The molecule has 0 spiro atoms. The van der Waals surface area contributed by atoms with Gasteiger partial charge in [-0.3, -0.25) is 4.79 Å². The van der Waals surface area contributed by atoms with Gasteiger partial charge in [0.05, 0.1) is 17.8 Å². The van der Waals surface area contributed by atoms with Gasteiger partial charge in [-0.1, -0.05) is 36.1 Å². The SMILES string of the molecule is CSc1ccccc1C(=O)Nc1ccccc1C#CCN. The van der Waals surface area contributed by atoms with E-state index < -0.39 is 0 Å². The molecule has 0 bridgehead atoms. The van der Waals surface area contributed by atoms with Crippen LogP contribution in [0.15, 0.2) is 53.4 Å². The Hall–Kier alpha value is -2.22. The molecule has 0 aliphatic carbocycles. The van der Waals surface area contributed by atoms with Gasteiger partial charge in [-0.25, -0.2) is 0 Å². The van der Waals surface area contributed by atoms with E-state index in [1.165, 1.54) is 0 Å². The van der Waals surface area contributed by atoms with Crippen LogP contribution in [0.3, 0.4) is 0 Å². The van der Waals surface area contributed by atoms with Gasteiger partial charge in [0.15, 0.2) is 0 Å². The Morgan fingerprint density at radius 2 is 1.90 bits per heavy atom. The van der Waals surface area contributed by atoms with Crippen LogP contribution in [0, 0.1) is 11.8 Å². The molecule has 0 aromatic heterocycles. The van der Waals surface area contributed by atoms with Crippen molar-refractivity contribution in [3.63, 3.8) is 0 Å². The third-order valence-electron chi connectivity index (χ3n) is 2.85. The highest BCUT2D eigenvalue weighted by Gasteiger charge is 2.11. The van der Waals surface area contributed by atoms with Crippen molar-refractivity contribution in [1.82, 2.24) is 0 Å². The van der Waals surface area contributed by atoms with Crippen molar-refractivity contribution < 1.29 is 4.79 Å². The molecule has 106 valence electrons. The van der Waals surface area contributed by atoms with Gasteiger partial charge in [-0.2, -0.15) is 0 Å². The molecule has 2 rings (SSSR count). The van der Waals surface area contributed by atoms with Crippen molar-refractivity contribution in [2.24, 2.45) is 5.73 Å². The molecule has 0 atom stereocenters.